The van der Waals surface area contributed by atoms with Crippen LogP contribution in [-0.4, -0.2) is 44.2 Å². The molecule has 1 aliphatic heterocycles. The fourth-order valence-corrected chi connectivity index (χ4v) is 3.31. The van der Waals surface area contributed by atoms with Crippen LogP contribution in [0, 0.1) is 24.2 Å². The van der Waals surface area contributed by atoms with Gasteiger partial charge in [0.15, 0.2) is 5.82 Å². The fraction of sp³-hybridized carbons (Fsp3) is 0.389. The molecule has 3 heterocycles. The van der Waals surface area contributed by atoms with E-state index < -0.39 is 5.56 Å². The third-order valence-corrected chi connectivity index (χ3v) is 4.82. The van der Waals surface area contributed by atoms with E-state index in [2.05, 4.69) is 9.97 Å². The molecule has 1 atom stereocenters. The first-order valence-corrected chi connectivity index (χ1v) is 8.37. The second kappa shape index (κ2) is 6.96. The molecule has 8 nitrogen and oxygen atoms in total. The van der Waals surface area contributed by atoms with Gasteiger partial charge in [0, 0.05) is 44.6 Å². The van der Waals surface area contributed by atoms with Gasteiger partial charge in [-0.1, -0.05) is 0 Å². The number of H-pyrrole nitrogens is 1. The smallest absolute Gasteiger partial charge is 0.266 e. The summed E-state index contributed by atoms with van der Waals surface area (Å²) < 4.78 is 1.67. The molecule has 0 saturated carbocycles. The first-order valence-electron chi connectivity index (χ1n) is 8.37. The quantitative estimate of drug-likeness (QED) is 0.828. The molecule has 1 aliphatic rings. The number of likely N-dealkylation sites (tertiary alicyclic amines) is 1. The van der Waals surface area contributed by atoms with E-state index in [0.717, 1.165) is 0 Å². The summed E-state index contributed by atoms with van der Waals surface area (Å²) in [7, 11) is 1.76. The number of carbonyl (C=O) groups is 2. The molecule has 26 heavy (non-hydrogen) atoms. The molecule has 0 spiro atoms. The van der Waals surface area contributed by atoms with Crippen LogP contribution in [0.15, 0.2) is 23.4 Å². The minimum atomic E-state index is -0.511. The molecule has 0 aromatic carbocycles. The van der Waals surface area contributed by atoms with Gasteiger partial charge in [-0.05, 0) is 25.3 Å². The third-order valence-electron chi connectivity index (χ3n) is 4.82. The highest BCUT2D eigenvalue weighted by molar-refractivity contribution is 5.98. The van der Waals surface area contributed by atoms with Crippen LogP contribution in [-0.2, 0) is 7.05 Å². The summed E-state index contributed by atoms with van der Waals surface area (Å²) in [5, 5.41) is 9.11. The second-order valence-electron chi connectivity index (χ2n) is 6.46. The molecule has 1 N–H and O–H groups in total. The molecule has 2 aromatic rings. The van der Waals surface area contributed by atoms with Crippen molar-refractivity contribution in [1.29, 1.82) is 5.26 Å². The van der Waals surface area contributed by atoms with Gasteiger partial charge in [-0.15, -0.1) is 0 Å². The van der Waals surface area contributed by atoms with Crippen LogP contribution in [0.3, 0.4) is 0 Å². The normalized spacial score (nSPS) is 17.0. The maximum atomic E-state index is 12.9. The Hall–Kier alpha value is -3.21. The molecular weight excluding hydrogens is 334 g/mol. The number of piperidine rings is 1. The highest BCUT2D eigenvalue weighted by Gasteiger charge is 2.32. The summed E-state index contributed by atoms with van der Waals surface area (Å²) in [6, 6.07) is 1.83. The molecule has 0 bridgehead atoms. The Kier molecular flexibility index (Phi) is 4.71. The average Bonchev–Trinajstić information content (AvgIpc) is 3.07. The number of amides is 1. The van der Waals surface area contributed by atoms with Gasteiger partial charge in [-0.2, -0.15) is 5.26 Å². The van der Waals surface area contributed by atoms with Gasteiger partial charge in [0.05, 0.1) is 5.56 Å². The maximum Gasteiger partial charge on any atom is 0.266 e. The lowest BCUT2D eigenvalue weighted by Crippen LogP contribution is -2.43. The van der Waals surface area contributed by atoms with Gasteiger partial charge >= 0.3 is 0 Å². The largest absolute Gasteiger partial charge is 0.338 e. The minimum absolute atomic E-state index is 0.0616. The summed E-state index contributed by atoms with van der Waals surface area (Å²) in [5.74, 6) is -0.290. The number of ketones is 1. The Labute approximate surface area is 150 Å². The van der Waals surface area contributed by atoms with Crippen LogP contribution >= 0.6 is 0 Å². The van der Waals surface area contributed by atoms with E-state index in [9.17, 15) is 14.4 Å². The molecule has 2 aromatic heterocycles. The Morgan fingerprint density at radius 3 is 2.85 bits per heavy atom. The van der Waals surface area contributed by atoms with E-state index in [4.69, 9.17) is 5.26 Å². The minimum Gasteiger partial charge on any atom is -0.338 e. The van der Waals surface area contributed by atoms with E-state index in [1.54, 1.807) is 35.8 Å². The molecule has 8 heteroatoms. The van der Waals surface area contributed by atoms with Gasteiger partial charge in [0.2, 0.25) is 5.78 Å². The number of nitrogens with one attached hydrogen (secondary N) is 1. The summed E-state index contributed by atoms with van der Waals surface area (Å²) in [5.41, 5.74) is 0.0709. The number of imidazole rings is 1. The van der Waals surface area contributed by atoms with Gasteiger partial charge in [-0.25, -0.2) is 4.98 Å². The third kappa shape index (κ3) is 3.04. The standard InChI is InChI=1S/C18H19N5O3/c1-11-13(8-19)17(25)21-9-14(11)18(26)23-6-3-4-12(10-23)15(24)16-20-5-7-22(16)2/h5,7,9,12H,3-4,6,10H2,1-2H3,(H,21,25)/t12-/m1/s1. The lowest BCUT2D eigenvalue weighted by atomic mass is 9.92. The predicted molar refractivity (Wildman–Crippen MR) is 92.7 cm³/mol. The Bertz CT molecular complexity index is 966. The van der Waals surface area contributed by atoms with Gasteiger partial charge in [-0.3, -0.25) is 14.4 Å². The topological polar surface area (TPSA) is 112 Å². The van der Waals surface area contributed by atoms with Gasteiger partial charge in [0.1, 0.15) is 11.6 Å². The van der Waals surface area contributed by atoms with Crippen molar-refractivity contribution in [3.63, 3.8) is 0 Å². The van der Waals surface area contributed by atoms with E-state index >= 15 is 0 Å². The van der Waals surface area contributed by atoms with Crippen LogP contribution in [0.2, 0.25) is 0 Å². The highest BCUT2D eigenvalue weighted by atomic mass is 16.2. The molecule has 3 rings (SSSR count). The summed E-state index contributed by atoms with van der Waals surface area (Å²) >= 11 is 0. The Morgan fingerprint density at radius 2 is 2.19 bits per heavy atom. The van der Waals surface area contributed by atoms with Crippen molar-refractivity contribution in [3.05, 3.63) is 51.5 Å². The van der Waals surface area contributed by atoms with Crippen molar-refractivity contribution < 1.29 is 9.59 Å². The zero-order valence-electron chi connectivity index (χ0n) is 14.7. The van der Waals surface area contributed by atoms with Crippen LogP contribution in [0.25, 0.3) is 0 Å². The zero-order valence-corrected chi connectivity index (χ0v) is 14.7. The van der Waals surface area contributed by atoms with E-state index in [-0.39, 0.29) is 28.7 Å². The number of aromatic amines is 1. The average molecular weight is 353 g/mol. The number of pyridine rings is 1. The lowest BCUT2D eigenvalue weighted by molar-refractivity contribution is 0.0632. The number of aromatic nitrogens is 3. The molecule has 0 aliphatic carbocycles. The molecule has 0 unspecified atom stereocenters. The second-order valence-corrected chi connectivity index (χ2v) is 6.46. The predicted octanol–water partition coefficient (Wildman–Crippen LogP) is 1.02. The van der Waals surface area contributed by atoms with Gasteiger partial charge in [0.25, 0.3) is 11.5 Å². The van der Waals surface area contributed by atoms with Crippen LogP contribution in [0.1, 0.15) is 44.9 Å². The fourth-order valence-electron chi connectivity index (χ4n) is 3.31. The number of carbonyl (C=O) groups excluding carboxylic acids is 2. The highest BCUT2D eigenvalue weighted by Crippen LogP contribution is 2.22. The zero-order chi connectivity index (χ0) is 18.8. The van der Waals surface area contributed by atoms with Crippen LogP contribution in [0.5, 0.6) is 0 Å². The van der Waals surface area contributed by atoms with Crippen molar-refractivity contribution >= 4 is 11.7 Å². The van der Waals surface area contributed by atoms with Gasteiger partial charge < -0.3 is 14.5 Å². The number of nitriles is 1. The van der Waals surface area contributed by atoms with Crippen molar-refractivity contribution in [2.24, 2.45) is 13.0 Å². The number of hydrogen-bond acceptors (Lipinski definition) is 5. The van der Waals surface area contributed by atoms with E-state index in [0.29, 0.717) is 37.3 Å². The van der Waals surface area contributed by atoms with E-state index in [1.807, 2.05) is 6.07 Å². The first-order chi connectivity index (χ1) is 12.4. The summed E-state index contributed by atoms with van der Waals surface area (Å²) in [4.78, 5) is 45.4. The molecule has 0 radical (unpaired) electrons. The first kappa shape index (κ1) is 17.6. The lowest BCUT2D eigenvalue weighted by Gasteiger charge is -2.32. The van der Waals surface area contributed by atoms with Crippen molar-refractivity contribution in [1.82, 2.24) is 19.4 Å². The summed E-state index contributed by atoms with van der Waals surface area (Å²) in [6.07, 6.45) is 6.03. The number of Topliss-reactive ketones (excluding diaryl/α,β-unsaturated/α-hetero) is 1. The number of rotatable bonds is 3. The summed E-state index contributed by atoms with van der Waals surface area (Å²) in [6.45, 7) is 2.41. The SMILES string of the molecule is Cc1c(C(=O)N2CCC[C@@H](C(=O)c3nccn3C)C2)c[nH]c(=O)c1C#N. The Morgan fingerprint density at radius 1 is 1.42 bits per heavy atom. The monoisotopic (exact) mass is 353 g/mol. The number of aryl methyl sites for hydroxylation is 1. The van der Waals surface area contributed by atoms with Crippen LogP contribution < -0.4 is 5.56 Å². The molecular formula is C18H19N5O3. The maximum absolute atomic E-state index is 12.9. The van der Waals surface area contributed by atoms with Crippen molar-refractivity contribution in [2.45, 2.75) is 19.8 Å². The molecule has 1 amide bonds. The molecule has 1 saturated heterocycles. The van der Waals surface area contributed by atoms with Crippen LogP contribution in [0.4, 0.5) is 0 Å². The number of nitrogens with zero attached hydrogens (tertiary/aromatic N) is 4. The molecule has 1 fully saturated rings. The van der Waals surface area contributed by atoms with Crippen molar-refractivity contribution in [2.75, 3.05) is 13.1 Å². The Balaban J connectivity index is 1.83. The van der Waals surface area contributed by atoms with Crippen molar-refractivity contribution in [3.8, 4) is 6.07 Å². The number of hydrogen-bond donors (Lipinski definition) is 1. The van der Waals surface area contributed by atoms with E-state index in [1.165, 1.54) is 6.20 Å². The molecule has 134 valence electrons.